The molecule has 0 atom stereocenters. The predicted molar refractivity (Wildman–Crippen MR) is 90.8 cm³/mol. The SMILES string of the molecule is CNCc1sc(N(C)c2cc(C)cc(C)c2)nc1C1CC1. The molecule has 0 radical (unpaired) electrons. The Balaban J connectivity index is 1.93. The molecule has 0 amide bonds. The molecule has 0 aliphatic heterocycles. The van der Waals surface area contributed by atoms with E-state index < -0.39 is 0 Å². The average Bonchev–Trinajstić information content (AvgIpc) is 3.19. The van der Waals surface area contributed by atoms with Gasteiger partial charge in [-0.1, -0.05) is 17.4 Å². The lowest BCUT2D eigenvalue weighted by molar-refractivity contribution is 0.812. The largest absolute Gasteiger partial charge is 0.321 e. The van der Waals surface area contributed by atoms with E-state index in [2.05, 4.69) is 49.3 Å². The Labute approximate surface area is 131 Å². The van der Waals surface area contributed by atoms with Gasteiger partial charge in [-0.2, -0.15) is 0 Å². The van der Waals surface area contributed by atoms with E-state index in [1.54, 1.807) is 0 Å². The van der Waals surface area contributed by atoms with Crippen LogP contribution in [-0.4, -0.2) is 19.1 Å². The van der Waals surface area contributed by atoms with Crippen LogP contribution in [0, 0.1) is 13.8 Å². The van der Waals surface area contributed by atoms with Gasteiger partial charge in [-0.15, -0.1) is 0 Å². The fraction of sp³-hybridized carbons (Fsp3) is 0.471. The summed E-state index contributed by atoms with van der Waals surface area (Å²) in [6.45, 7) is 5.21. The topological polar surface area (TPSA) is 28.2 Å². The Kier molecular flexibility index (Phi) is 4.00. The molecule has 1 N–H and O–H groups in total. The zero-order valence-electron chi connectivity index (χ0n) is 13.2. The molecule has 1 saturated carbocycles. The molecule has 1 aromatic carbocycles. The number of anilines is 2. The highest BCUT2D eigenvalue weighted by molar-refractivity contribution is 7.15. The summed E-state index contributed by atoms with van der Waals surface area (Å²) in [6, 6.07) is 6.66. The van der Waals surface area contributed by atoms with Crippen LogP contribution in [0.2, 0.25) is 0 Å². The van der Waals surface area contributed by atoms with Crippen molar-refractivity contribution in [2.75, 3.05) is 19.0 Å². The van der Waals surface area contributed by atoms with Gasteiger partial charge in [-0.25, -0.2) is 4.98 Å². The quantitative estimate of drug-likeness (QED) is 0.900. The van der Waals surface area contributed by atoms with Crippen molar-refractivity contribution in [3.63, 3.8) is 0 Å². The molecular formula is C17H23N3S. The fourth-order valence-electron chi connectivity index (χ4n) is 2.71. The van der Waals surface area contributed by atoms with E-state index in [0.29, 0.717) is 5.92 Å². The summed E-state index contributed by atoms with van der Waals surface area (Å²) >= 11 is 1.82. The van der Waals surface area contributed by atoms with Gasteiger partial charge in [0.05, 0.1) is 5.69 Å². The third-order valence-corrected chi connectivity index (χ3v) is 5.05. The highest BCUT2D eigenvalue weighted by atomic mass is 32.1. The fourth-order valence-corrected chi connectivity index (χ4v) is 3.85. The third kappa shape index (κ3) is 3.11. The van der Waals surface area contributed by atoms with Gasteiger partial charge in [0.2, 0.25) is 0 Å². The molecule has 0 saturated heterocycles. The van der Waals surface area contributed by atoms with Crippen LogP contribution in [0.1, 0.15) is 40.5 Å². The second-order valence-corrected chi connectivity index (χ2v) is 7.08. The van der Waals surface area contributed by atoms with Crippen LogP contribution in [-0.2, 0) is 6.54 Å². The summed E-state index contributed by atoms with van der Waals surface area (Å²) < 4.78 is 0. The Bertz CT molecular complexity index is 623. The first-order valence-electron chi connectivity index (χ1n) is 7.54. The maximum atomic E-state index is 4.93. The summed E-state index contributed by atoms with van der Waals surface area (Å²) in [4.78, 5) is 8.54. The van der Waals surface area contributed by atoms with E-state index in [-0.39, 0.29) is 0 Å². The van der Waals surface area contributed by atoms with Gasteiger partial charge in [0.1, 0.15) is 0 Å². The Morgan fingerprint density at radius 3 is 2.48 bits per heavy atom. The molecule has 112 valence electrons. The molecule has 1 fully saturated rings. The van der Waals surface area contributed by atoms with Crippen LogP contribution in [0.15, 0.2) is 18.2 Å². The van der Waals surface area contributed by atoms with Crippen LogP contribution < -0.4 is 10.2 Å². The lowest BCUT2D eigenvalue weighted by atomic mass is 10.1. The van der Waals surface area contributed by atoms with E-state index in [1.165, 1.54) is 40.2 Å². The van der Waals surface area contributed by atoms with Crippen molar-refractivity contribution in [3.05, 3.63) is 39.9 Å². The lowest BCUT2D eigenvalue weighted by Gasteiger charge is -2.17. The second kappa shape index (κ2) is 5.78. The van der Waals surface area contributed by atoms with Crippen molar-refractivity contribution >= 4 is 22.2 Å². The highest BCUT2D eigenvalue weighted by Gasteiger charge is 2.30. The second-order valence-electron chi connectivity index (χ2n) is 6.01. The highest BCUT2D eigenvalue weighted by Crippen LogP contribution is 2.44. The molecule has 3 rings (SSSR count). The molecule has 0 unspecified atom stereocenters. The van der Waals surface area contributed by atoms with E-state index in [4.69, 9.17) is 4.98 Å². The average molecular weight is 301 g/mol. The van der Waals surface area contributed by atoms with Crippen LogP contribution in [0.25, 0.3) is 0 Å². The zero-order valence-corrected chi connectivity index (χ0v) is 14.0. The minimum atomic E-state index is 0.700. The smallest absolute Gasteiger partial charge is 0.190 e. The van der Waals surface area contributed by atoms with Gasteiger partial charge in [0.25, 0.3) is 0 Å². The molecular weight excluding hydrogens is 278 g/mol. The lowest BCUT2D eigenvalue weighted by Crippen LogP contribution is -2.09. The van der Waals surface area contributed by atoms with Crippen molar-refractivity contribution in [2.24, 2.45) is 0 Å². The number of nitrogens with one attached hydrogen (secondary N) is 1. The van der Waals surface area contributed by atoms with Gasteiger partial charge in [0.15, 0.2) is 5.13 Å². The number of benzene rings is 1. The van der Waals surface area contributed by atoms with E-state index >= 15 is 0 Å². The van der Waals surface area contributed by atoms with Crippen LogP contribution in [0.4, 0.5) is 10.8 Å². The number of hydrogen-bond donors (Lipinski definition) is 1. The predicted octanol–water partition coefficient (Wildman–Crippen LogP) is 4.12. The maximum absolute atomic E-state index is 4.93. The molecule has 1 aromatic heterocycles. The molecule has 0 bridgehead atoms. The minimum absolute atomic E-state index is 0.700. The molecule has 3 nitrogen and oxygen atoms in total. The van der Waals surface area contributed by atoms with E-state index in [1.807, 2.05) is 18.4 Å². The first-order chi connectivity index (χ1) is 10.1. The first kappa shape index (κ1) is 14.5. The zero-order chi connectivity index (χ0) is 15.0. The summed E-state index contributed by atoms with van der Waals surface area (Å²) in [5.74, 6) is 0.700. The number of nitrogens with zero attached hydrogens (tertiary/aromatic N) is 2. The normalized spacial score (nSPS) is 14.5. The molecule has 1 aliphatic carbocycles. The molecule has 1 aliphatic rings. The molecule has 4 heteroatoms. The van der Waals surface area contributed by atoms with Crippen molar-refractivity contribution in [1.29, 1.82) is 0 Å². The first-order valence-corrected chi connectivity index (χ1v) is 8.36. The van der Waals surface area contributed by atoms with Gasteiger partial charge >= 0.3 is 0 Å². The van der Waals surface area contributed by atoms with Gasteiger partial charge in [-0.3, -0.25) is 0 Å². The molecule has 21 heavy (non-hydrogen) atoms. The summed E-state index contributed by atoms with van der Waals surface area (Å²) in [6.07, 6.45) is 2.60. The number of rotatable bonds is 5. The van der Waals surface area contributed by atoms with Crippen molar-refractivity contribution < 1.29 is 0 Å². The van der Waals surface area contributed by atoms with Crippen LogP contribution >= 0.6 is 11.3 Å². The van der Waals surface area contributed by atoms with Crippen LogP contribution in [0.3, 0.4) is 0 Å². The number of aromatic nitrogens is 1. The Hall–Kier alpha value is -1.39. The maximum Gasteiger partial charge on any atom is 0.190 e. The minimum Gasteiger partial charge on any atom is -0.321 e. The number of aryl methyl sites for hydroxylation is 2. The van der Waals surface area contributed by atoms with Crippen LogP contribution in [0.5, 0.6) is 0 Å². The summed E-state index contributed by atoms with van der Waals surface area (Å²) in [5, 5.41) is 4.37. The molecule has 2 aromatic rings. The third-order valence-electron chi connectivity index (χ3n) is 3.90. The summed E-state index contributed by atoms with van der Waals surface area (Å²) in [7, 11) is 4.12. The number of hydrogen-bond acceptors (Lipinski definition) is 4. The molecule has 1 heterocycles. The van der Waals surface area contributed by atoms with E-state index in [9.17, 15) is 0 Å². The standard InChI is InChI=1S/C17H23N3S/c1-11-7-12(2)9-14(8-11)20(4)17-19-16(13-5-6-13)15(21-17)10-18-3/h7-9,13,18H,5-6,10H2,1-4H3. The van der Waals surface area contributed by atoms with E-state index in [0.717, 1.165) is 11.7 Å². The number of thiazole rings is 1. The summed E-state index contributed by atoms with van der Waals surface area (Å²) in [5.41, 5.74) is 5.14. The molecule has 0 spiro atoms. The van der Waals surface area contributed by atoms with Crippen molar-refractivity contribution in [3.8, 4) is 0 Å². The van der Waals surface area contributed by atoms with Gasteiger partial charge < -0.3 is 10.2 Å². The van der Waals surface area contributed by atoms with Gasteiger partial charge in [0, 0.05) is 30.1 Å². The van der Waals surface area contributed by atoms with Crippen molar-refractivity contribution in [1.82, 2.24) is 10.3 Å². The van der Waals surface area contributed by atoms with Crippen molar-refractivity contribution in [2.45, 2.75) is 39.2 Å². The Morgan fingerprint density at radius 2 is 1.90 bits per heavy atom. The monoisotopic (exact) mass is 301 g/mol. The Morgan fingerprint density at radius 1 is 1.24 bits per heavy atom. The van der Waals surface area contributed by atoms with Gasteiger partial charge in [-0.05, 0) is 57.0 Å².